The second-order valence-electron chi connectivity index (χ2n) is 32.2. The van der Waals surface area contributed by atoms with E-state index in [-0.39, 0.29) is 90.5 Å². The van der Waals surface area contributed by atoms with Gasteiger partial charge in [0.05, 0.1) is 44.2 Å². The second kappa shape index (κ2) is 59.9. The number of hydrogen-bond acceptors (Lipinski definition) is 18. The SMILES string of the molecule is CCC(=O)CCCCCCCCC(=O)NC(CC(C)C)C(=O)O[C@H]1COC2C1OC[C@H]2OC(=O)C(CC(=O)CCCCCCCCC(C)=O)CC(C)C.CCC(CCCCCC(=O)CCCCCCCCC(=O)NC(CC(C)C)C(=O)OCCCCCCOC(=O)C(C)CC(C)C)C(=O)OCc1ccccc1. The van der Waals surface area contributed by atoms with Gasteiger partial charge in [0.15, 0.2) is 12.2 Å². The Labute approximate surface area is 645 Å². The molecule has 612 valence electrons. The fourth-order valence-electron chi connectivity index (χ4n) is 13.7. The Morgan fingerprint density at radius 1 is 0.402 bits per heavy atom. The fraction of sp³-hybridized carbons (Fsp3) is 0.805. The standard InChI is InChI=1S/C45H75NO8.C42H71NO10/c1-7-39(44(50)54-34-38-24-16-14-17-25-38)26-18-15-20-28-40(47)27-19-10-8-9-11-21-29-42(48)46-41(33-36(4)5)45(51)53-31-23-13-12-22-30-52-43(49)37(6)32-35(2)3;1-7-33(45)21-17-13-10-11-15-19-23-38(47)43-35(25-30(4)5)42(49)53-37-28-51-39-36(27-50-40(37)39)52-41(48)32(24-29(2)3)26-34(46)22-18-14-9-8-12-16-20-31(6)44/h14,16-17,24-25,35-37,39,41H,7-13,15,18-23,26-34H2,1-6H3,(H,46,48);29-30,32,35-37,39-40H,7-28H2,1-6H3,(H,43,47)/t;32?,35?,36-,37+,39?,40?/m.1/s1. The number of amides is 2. The van der Waals surface area contributed by atoms with Crippen molar-refractivity contribution in [3.63, 3.8) is 0 Å². The Morgan fingerprint density at radius 3 is 1.26 bits per heavy atom. The molecule has 0 aromatic heterocycles. The third-order valence-corrected chi connectivity index (χ3v) is 19.9. The summed E-state index contributed by atoms with van der Waals surface area (Å²) in [6.45, 7) is 24.9. The molecule has 0 saturated carbocycles. The van der Waals surface area contributed by atoms with Crippen LogP contribution in [-0.4, -0.2) is 128 Å². The van der Waals surface area contributed by atoms with Crippen molar-refractivity contribution < 1.29 is 85.9 Å². The van der Waals surface area contributed by atoms with Gasteiger partial charge in [-0.15, -0.1) is 0 Å². The highest BCUT2D eigenvalue weighted by Gasteiger charge is 2.52. The minimum Gasteiger partial charge on any atom is -0.465 e. The van der Waals surface area contributed by atoms with Crippen molar-refractivity contribution in [2.75, 3.05) is 26.4 Å². The van der Waals surface area contributed by atoms with Crippen molar-refractivity contribution in [1.82, 2.24) is 10.6 Å². The van der Waals surface area contributed by atoms with Crippen LogP contribution in [0.2, 0.25) is 0 Å². The van der Waals surface area contributed by atoms with Crippen LogP contribution in [0.15, 0.2) is 30.3 Å². The lowest BCUT2D eigenvalue weighted by Gasteiger charge is -2.23. The maximum atomic E-state index is 13.4. The molecule has 1 aromatic carbocycles. The quantitative estimate of drug-likeness (QED) is 0.0348. The zero-order valence-electron chi connectivity index (χ0n) is 68.6. The molecular formula is C87H146N2O18. The van der Waals surface area contributed by atoms with Gasteiger partial charge < -0.3 is 48.6 Å². The largest absolute Gasteiger partial charge is 0.465 e. The smallest absolute Gasteiger partial charge is 0.329 e. The number of esters is 5. The van der Waals surface area contributed by atoms with Crippen molar-refractivity contribution in [3.05, 3.63) is 35.9 Å². The minimum absolute atomic E-state index is 0.0599. The van der Waals surface area contributed by atoms with E-state index in [2.05, 4.69) is 24.5 Å². The molecule has 2 aliphatic rings. The molecule has 0 bridgehead atoms. The van der Waals surface area contributed by atoms with E-state index in [0.717, 1.165) is 185 Å². The Hall–Kier alpha value is -5.89. The van der Waals surface area contributed by atoms with Crippen LogP contribution in [0.1, 0.15) is 345 Å². The first-order valence-electron chi connectivity index (χ1n) is 42.0. The summed E-state index contributed by atoms with van der Waals surface area (Å²) in [6, 6.07) is 8.30. The number of benzene rings is 1. The molecule has 0 radical (unpaired) electrons. The molecule has 2 fully saturated rings. The molecule has 2 saturated heterocycles. The van der Waals surface area contributed by atoms with Crippen molar-refractivity contribution in [3.8, 4) is 0 Å². The third kappa shape index (κ3) is 48.4. The number of hydrogen-bond donors (Lipinski definition) is 2. The number of ketones is 4. The fourth-order valence-corrected chi connectivity index (χ4v) is 13.7. The first kappa shape index (κ1) is 97.2. The number of rotatable bonds is 63. The predicted molar refractivity (Wildman–Crippen MR) is 418 cm³/mol. The topological polar surface area (TPSA) is 276 Å². The highest BCUT2D eigenvalue weighted by Crippen LogP contribution is 2.33. The summed E-state index contributed by atoms with van der Waals surface area (Å²) in [5, 5.41) is 5.78. The monoisotopic (exact) mass is 1510 g/mol. The lowest BCUT2D eigenvalue weighted by atomic mass is 9.91. The summed E-state index contributed by atoms with van der Waals surface area (Å²) in [6.07, 6.45) is 28.9. The molecule has 1 aromatic rings. The summed E-state index contributed by atoms with van der Waals surface area (Å²) in [5.41, 5.74) is 0.993. The predicted octanol–water partition coefficient (Wildman–Crippen LogP) is 17.8. The molecule has 0 spiro atoms. The second-order valence-corrected chi connectivity index (χ2v) is 32.2. The minimum atomic E-state index is -0.792. The summed E-state index contributed by atoms with van der Waals surface area (Å²) in [5.74, 6) is -0.650. The van der Waals surface area contributed by atoms with E-state index in [1.165, 1.54) is 0 Å². The highest BCUT2D eigenvalue weighted by molar-refractivity contribution is 5.86. The molecule has 7 unspecified atom stereocenters. The van der Waals surface area contributed by atoms with Crippen molar-refractivity contribution in [2.45, 2.75) is 383 Å². The maximum absolute atomic E-state index is 13.4. The highest BCUT2D eigenvalue weighted by atomic mass is 16.7. The number of ether oxygens (including phenoxy) is 7. The van der Waals surface area contributed by atoms with E-state index in [4.69, 9.17) is 33.2 Å². The molecule has 20 heteroatoms. The number of carbonyl (C=O) groups excluding carboxylic acids is 11. The number of unbranched alkanes of at least 4 members (excludes halogenated alkanes) is 20. The van der Waals surface area contributed by atoms with E-state index in [1.54, 1.807) is 6.92 Å². The molecule has 2 aliphatic heterocycles. The molecular weight excluding hydrogens is 1360 g/mol. The van der Waals surface area contributed by atoms with Crippen molar-refractivity contribution in [2.24, 2.45) is 41.4 Å². The molecule has 2 amide bonds. The van der Waals surface area contributed by atoms with Crippen LogP contribution in [0, 0.1) is 41.4 Å². The average molecular weight is 1510 g/mol. The van der Waals surface area contributed by atoms with E-state index in [1.807, 2.05) is 92.6 Å². The van der Waals surface area contributed by atoms with Gasteiger partial charge in [-0.25, -0.2) is 9.59 Å². The Morgan fingerprint density at radius 2 is 0.804 bits per heavy atom. The van der Waals surface area contributed by atoms with Crippen LogP contribution in [0.25, 0.3) is 0 Å². The summed E-state index contributed by atoms with van der Waals surface area (Å²) < 4.78 is 40.1. The van der Waals surface area contributed by atoms with Gasteiger partial charge >= 0.3 is 29.8 Å². The number of carbonyl (C=O) groups is 11. The average Bonchev–Trinajstić information content (AvgIpc) is 1.64. The van der Waals surface area contributed by atoms with Crippen LogP contribution in [0.4, 0.5) is 0 Å². The van der Waals surface area contributed by atoms with Crippen LogP contribution in [0.3, 0.4) is 0 Å². The first-order chi connectivity index (χ1) is 51.2. The van der Waals surface area contributed by atoms with Gasteiger partial charge in [0.1, 0.15) is 54.0 Å². The van der Waals surface area contributed by atoms with Crippen molar-refractivity contribution in [1.29, 1.82) is 0 Å². The Balaban J connectivity index is 0.000000727. The zero-order chi connectivity index (χ0) is 79.2. The van der Waals surface area contributed by atoms with Gasteiger partial charge in [0.25, 0.3) is 0 Å². The Bertz CT molecular complexity index is 2660. The molecule has 9 atom stereocenters. The van der Waals surface area contributed by atoms with Crippen LogP contribution in [0.5, 0.6) is 0 Å². The van der Waals surface area contributed by atoms with Crippen LogP contribution >= 0.6 is 0 Å². The van der Waals surface area contributed by atoms with E-state index in [0.29, 0.717) is 108 Å². The number of nitrogens with one attached hydrogen (secondary N) is 2. The van der Waals surface area contributed by atoms with Gasteiger partial charge in [0, 0.05) is 57.8 Å². The number of fused-ring (bicyclic) bond motifs is 1. The lowest BCUT2D eigenvalue weighted by Crippen LogP contribution is -2.45. The van der Waals surface area contributed by atoms with Gasteiger partial charge in [-0.05, 0) is 145 Å². The zero-order valence-corrected chi connectivity index (χ0v) is 68.6. The summed E-state index contributed by atoms with van der Waals surface area (Å²) >= 11 is 0. The lowest BCUT2D eigenvalue weighted by molar-refractivity contribution is -0.161. The van der Waals surface area contributed by atoms with Crippen LogP contribution in [-0.2, 0) is 92.5 Å². The molecule has 20 nitrogen and oxygen atoms in total. The Kier molecular flexibility index (Phi) is 54.4. The maximum Gasteiger partial charge on any atom is 0.329 e. The first-order valence-corrected chi connectivity index (χ1v) is 42.0. The van der Waals surface area contributed by atoms with Crippen molar-refractivity contribution >= 4 is 64.8 Å². The number of Topliss-reactive ketones (excluding diaryl/α,β-unsaturated/α-hetero) is 4. The molecule has 2 heterocycles. The van der Waals surface area contributed by atoms with E-state index in [9.17, 15) is 52.7 Å². The van der Waals surface area contributed by atoms with E-state index >= 15 is 0 Å². The molecule has 2 N–H and O–H groups in total. The van der Waals surface area contributed by atoms with E-state index < -0.39 is 54.4 Å². The third-order valence-electron chi connectivity index (χ3n) is 19.9. The van der Waals surface area contributed by atoms with Gasteiger partial charge in [-0.1, -0.05) is 196 Å². The van der Waals surface area contributed by atoms with Crippen LogP contribution < -0.4 is 10.6 Å². The molecule has 107 heavy (non-hydrogen) atoms. The van der Waals surface area contributed by atoms with Gasteiger partial charge in [-0.3, -0.25) is 38.4 Å². The summed E-state index contributed by atoms with van der Waals surface area (Å²) in [4.78, 5) is 137. The summed E-state index contributed by atoms with van der Waals surface area (Å²) in [7, 11) is 0. The molecule has 0 aliphatic carbocycles. The normalized spacial score (nSPS) is 16.7. The van der Waals surface area contributed by atoms with Gasteiger partial charge in [-0.2, -0.15) is 0 Å². The van der Waals surface area contributed by atoms with Gasteiger partial charge in [0.2, 0.25) is 11.8 Å². The molecule has 3 rings (SSSR count).